The Balaban J connectivity index is 0.00000756. The summed E-state index contributed by atoms with van der Waals surface area (Å²) in [5.41, 5.74) is 9.91. The Bertz CT molecular complexity index is 1580. The van der Waals surface area contributed by atoms with Gasteiger partial charge in [0.1, 0.15) is 0 Å². The van der Waals surface area contributed by atoms with Gasteiger partial charge in [-0.15, -0.1) is 0 Å². The minimum atomic E-state index is -3.00. The molecule has 0 spiro atoms. The van der Waals surface area contributed by atoms with E-state index >= 15 is 0 Å². The molecule has 56 heavy (non-hydrogen) atoms. The molecule has 0 N–H and O–H groups in total. The Labute approximate surface area is 380 Å². The molecule has 0 amide bonds. The molecule has 3 aromatic carbocycles. The van der Waals surface area contributed by atoms with Gasteiger partial charge < -0.3 is 37.2 Å². The van der Waals surface area contributed by atoms with Crippen LogP contribution in [0, 0.1) is 12.0 Å². The monoisotopic (exact) mass is 868 g/mol. The maximum Gasteiger partial charge on any atom is 4.00 e. The fourth-order valence-corrected chi connectivity index (χ4v) is 12.5. The molecule has 1 aliphatic rings. The first-order valence-electron chi connectivity index (χ1n) is 20.2. The van der Waals surface area contributed by atoms with E-state index in [1.807, 2.05) is 0 Å². The predicted molar refractivity (Wildman–Crippen MR) is 235 cm³/mol. The van der Waals surface area contributed by atoms with Crippen molar-refractivity contribution in [1.82, 2.24) is 0 Å². The van der Waals surface area contributed by atoms with E-state index < -0.39 is 8.07 Å². The number of rotatable bonds is 6. The number of allylic oxidation sites excluding steroid dienone is 4. The number of halogens is 3. The van der Waals surface area contributed by atoms with Crippen LogP contribution in [0.4, 0.5) is 0 Å². The summed E-state index contributed by atoms with van der Waals surface area (Å²) in [6, 6.07) is 23.4. The molecule has 0 aromatic heterocycles. The molecule has 0 saturated carbocycles. The molecule has 5 heteroatoms. The van der Waals surface area contributed by atoms with Gasteiger partial charge in [0.25, 0.3) is 0 Å². The Morgan fingerprint density at radius 3 is 0.893 bits per heavy atom. The zero-order valence-corrected chi connectivity index (χ0v) is 43.7. The third-order valence-electron chi connectivity index (χ3n) is 11.7. The molecule has 0 fully saturated rings. The molecule has 0 heterocycles. The van der Waals surface area contributed by atoms with Gasteiger partial charge in [-0.1, -0.05) is 212 Å². The van der Waals surface area contributed by atoms with Gasteiger partial charge in [0.05, 0.1) is 0 Å². The second-order valence-corrected chi connectivity index (χ2v) is 26.3. The van der Waals surface area contributed by atoms with Crippen LogP contribution < -0.4 is 52.8 Å². The first-order chi connectivity index (χ1) is 23.4. The van der Waals surface area contributed by atoms with E-state index in [-0.39, 0.29) is 91.4 Å². The average molecular weight is 870 g/mol. The summed E-state index contributed by atoms with van der Waals surface area (Å²) < 4.78 is 0. The zero-order valence-electron chi connectivity index (χ0n) is 38.9. The van der Waals surface area contributed by atoms with Crippen LogP contribution in [0.15, 0.2) is 71.4 Å². The third-order valence-corrected chi connectivity index (χ3v) is 16.4. The standard InChI is InChI=1S/C51H75Si.3ClH.Ti/c1-21-34(2)35-22-23-42(24-35)52(43-28-36(46(3,4)5)25-37(29-43)47(6,7)8,44-30-38(48(9,10)11)26-39(31-44)49(12,13)14)45-32-40(50(15,16)17)27-41(33-45)51(18,19)20;;;;/h22,25-34H,21,23H2,1-20H3;3*1H;/q-1;;;;+4/p-3. The molecule has 0 radical (unpaired) electrons. The molecule has 0 saturated heterocycles. The van der Waals surface area contributed by atoms with E-state index in [4.69, 9.17) is 0 Å². The fraction of sp³-hybridized carbons (Fsp3) is 0.569. The first kappa shape index (κ1) is 54.9. The van der Waals surface area contributed by atoms with Crippen LogP contribution >= 0.6 is 0 Å². The van der Waals surface area contributed by atoms with Crippen molar-refractivity contribution >= 4 is 23.6 Å². The van der Waals surface area contributed by atoms with Gasteiger partial charge in [-0.2, -0.15) is 5.20 Å². The van der Waals surface area contributed by atoms with E-state index in [9.17, 15) is 0 Å². The van der Waals surface area contributed by atoms with Crippen LogP contribution in [-0.4, -0.2) is 8.07 Å². The topological polar surface area (TPSA) is 0 Å². The summed E-state index contributed by atoms with van der Waals surface area (Å²) in [6.45, 7) is 47.7. The quantitative estimate of drug-likeness (QED) is 0.202. The summed E-state index contributed by atoms with van der Waals surface area (Å²) in [5, 5.41) is 6.01. The largest absolute Gasteiger partial charge is 4.00 e. The van der Waals surface area contributed by atoms with Gasteiger partial charge >= 0.3 is 21.7 Å². The van der Waals surface area contributed by atoms with Crippen molar-refractivity contribution in [3.8, 4) is 0 Å². The van der Waals surface area contributed by atoms with Crippen molar-refractivity contribution in [2.45, 2.75) is 184 Å². The molecule has 0 aliphatic heterocycles. The second kappa shape index (κ2) is 18.7. The van der Waals surface area contributed by atoms with Gasteiger partial charge in [-0.05, 0) is 81.4 Å². The summed E-state index contributed by atoms with van der Waals surface area (Å²) in [6.07, 6.45) is 8.87. The number of hydrogen-bond acceptors (Lipinski definition) is 0. The smallest absolute Gasteiger partial charge is 1.00 e. The van der Waals surface area contributed by atoms with Crippen molar-refractivity contribution in [3.05, 3.63) is 111 Å². The minimum Gasteiger partial charge on any atom is -1.00 e. The van der Waals surface area contributed by atoms with Crippen LogP contribution in [-0.2, 0) is 54.2 Å². The van der Waals surface area contributed by atoms with E-state index in [0.717, 1.165) is 12.8 Å². The van der Waals surface area contributed by atoms with Crippen molar-refractivity contribution in [3.63, 3.8) is 0 Å². The Hall–Kier alpha value is -1.06. The number of benzene rings is 3. The van der Waals surface area contributed by atoms with Crippen LogP contribution in [0.5, 0.6) is 0 Å². The molecule has 4 rings (SSSR count). The van der Waals surface area contributed by atoms with Crippen LogP contribution in [0.25, 0.3) is 0 Å². The maximum atomic E-state index is 4.27. The number of hydrogen-bond donors (Lipinski definition) is 0. The minimum absolute atomic E-state index is 0. The Kier molecular flexibility index (Phi) is 18.3. The molecule has 1 aliphatic carbocycles. The van der Waals surface area contributed by atoms with E-state index in [0.29, 0.717) is 5.92 Å². The fourth-order valence-electron chi connectivity index (χ4n) is 7.43. The van der Waals surface area contributed by atoms with Gasteiger partial charge in [0.15, 0.2) is 8.07 Å². The van der Waals surface area contributed by atoms with Gasteiger partial charge in [0.2, 0.25) is 0 Å². The van der Waals surface area contributed by atoms with Gasteiger partial charge in [-0.3, -0.25) is 6.08 Å². The van der Waals surface area contributed by atoms with Crippen LogP contribution in [0.2, 0.25) is 0 Å². The van der Waals surface area contributed by atoms with Crippen molar-refractivity contribution in [2.75, 3.05) is 0 Å². The molecular weight excluding hydrogens is 795 g/mol. The van der Waals surface area contributed by atoms with Crippen molar-refractivity contribution in [2.24, 2.45) is 5.92 Å². The zero-order chi connectivity index (χ0) is 39.6. The molecule has 1 atom stereocenters. The van der Waals surface area contributed by atoms with Crippen LogP contribution in [0.3, 0.4) is 0 Å². The second-order valence-electron chi connectivity index (χ2n) is 22.4. The molecular formula is C51H75Cl3SiTi. The maximum absolute atomic E-state index is 4.27. The summed E-state index contributed by atoms with van der Waals surface area (Å²) >= 11 is 0. The summed E-state index contributed by atoms with van der Waals surface area (Å²) in [4.78, 5) is 0. The van der Waals surface area contributed by atoms with E-state index in [1.165, 1.54) is 59.7 Å². The Morgan fingerprint density at radius 1 is 0.464 bits per heavy atom. The molecule has 0 nitrogen and oxygen atoms in total. The summed E-state index contributed by atoms with van der Waals surface area (Å²) in [5.74, 6) is 0.479. The van der Waals surface area contributed by atoms with Gasteiger partial charge in [-0.25, -0.2) is 11.6 Å². The average Bonchev–Trinajstić information content (AvgIpc) is 3.48. The van der Waals surface area contributed by atoms with E-state index in [2.05, 4.69) is 205 Å². The van der Waals surface area contributed by atoms with Crippen molar-refractivity contribution in [1.29, 1.82) is 0 Å². The molecule has 0 bridgehead atoms. The van der Waals surface area contributed by atoms with Crippen LogP contribution in [0.1, 0.15) is 185 Å². The molecule has 3 aromatic rings. The first-order valence-corrected chi connectivity index (χ1v) is 22.2. The van der Waals surface area contributed by atoms with Crippen molar-refractivity contribution < 1.29 is 58.9 Å². The van der Waals surface area contributed by atoms with Gasteiger partial charge in [0, 0.05) is 0 Å². The third kappa shape index (κ3) is 11.8. The van der Waals surface area contributed by atoms with E-state index in [1.54, 1.807) is 0 Å². The Morgan fingerprint density at radius 2 is 0.696 bits per heavy atom. The molecule has 308 valence electrons. The molecule has 1 unspecified atom stereocenters. The predicted octanol–water partition coefficient (Wildman–Crippen LogP) is 3.60. The summed E-state index contributed by atoms with van der Waals surface area (Å²) in [7, 11) is -3.00. The normalized spacial score (nSPS) is 14.7. The SMILES string of the molecule is CCC(C)C1=CCC([Si](c2cc(C(C)(C)C)cc(C(C)(C)C)c2)(c2cc(C(C)(C)C)cc(C(C)(C)C)c2)c2cc(C(C)(C)C)cc(C(C)(C)C)c2)=[C-]1.[Cl-].[Cl-].[Cl-].[Ti+4].